The lowest BCUT2D eigenvalue weighted by atomic mass is 10.2. The Kier molecular flexibility index (Phi) is 6.62. The molecule has 0 aliphatic heterocycles. The maximum absolute atomic E-state index is 12.4. The fraction of sp³-hybridized carbons (Fsp3) is 0.263. The van der Waals surface area contributed by atoms with E-state index in [9.17, 15) is 13.2 Å². The van der Waals surface area contributed by atoms with Gasteiger partial charge in [0.2, 0.25) is 10.0 Å². The van der Waals surface area contributed by atoms with Crippen LogP contribution in [-0.2, 0) is 14.8 Å². The van der Waals surface area contributed by atoms with Crippen molar-refractivity contribution in [3.8, 4) is 17.6 Å². The average Bonchev–Trinajstić information content (AvgIpc) is 2.68. The number of carbonyl (C=O) groups is 1. The van der Waals surface area contributed by atoms with Gasteiger partial charge in [-0.25, -0.2) is 12.7 Å². The van der Waals surface area contributed by atoms with Crippen LogP contribution in [0.4, 0.5) is 5.69 Å². The van der Waals surface area contributed by atoms with Gasteiger partial charge < -0.3 is 14.8 Å². The molecule has 0 aromatic heterocycles. The molecule has 0 saturated heterocycles. The van der Waals surface area contributed by atoms with Gasteiger partial charge in [0.1, 0.15) is 0 Å². The van der Waals surface area contributed by atoms with E-state index in [0.717, 1.165) is 4.31 Å². The number of amides is 1. The molecule has 28 heavy (non-hydrogen) atoms. The molecule has 148 valence electrons. The molecular formula is C19H21N3O5S. The molecule has 8 nitrogen and oxygen atoms in total. The molecule has 9 heteroatoms. The van der Waals surface area contributed by atoms with Crippen LogP contribution in [0.15, 0.2) is 47.4 Å². The first-order valence-corrected chi connectivity index (χ1v) is 9.71. The molecule has 0 unspecified atom stereocenters. The molecule has 1 amide bonds. The summed E-state index contributed by atoms with van der Waals surface area (Å²) in [6, 6.07) is 12.6. The van der Waals surface area contributed by atoms with E-state index in [2.05, 4.69) is 5.32 Å². The Morgan fingerprint density at radius 1 is 1.18 bits per heavy atom. The van der Waals surface area contributed by atoms with Crippen molar-refractivity contribution in [2.75, 3.05) is 26.5 Å². The van der Waals surface area contributed by atoms with Crippen LogP contribution in [0.2, 0.25) is 0 Å². The van der Waals surface area contributed by atoms with Gasteiger partial charge in [0.15, 0.2) is 17.6 Å². The third-order valence-corrected chi connectivity index (χ3v) is 5.66. The number of hydrogen-bond donors (Lipinski definition) is 1. The SMILES string of the molecule is COc1cc(C#N)ccc1O[C@H](C)C(=O)Nc1cccc(S(=O)(=O)N(C)C)c1. The molecular weight excluding hydrogens is 382 g/mol. The highest BCUT2D eigenvalue weighted by molar-refractivity contribution is 7.89. The van der Waals surface area contributed by atoms with Crippen LogP contribution >= 0.6 is 0 Å². The van der Waals surface area contributed by atoms with Gasteiger partial charge in [-0.05, 0) is 37.3 Å². The molecule has 0 saturated carbocycles. The largest absolute Gasteiger partial charge is 0.493 e. The molecule has 0 fully saturated rings. The average molecular weight is 403 g/mol. The van der Waals surface area contributed by atoms with Crippen molar-refractivity contribution in [1.29, 1.82) is 5.26 Å². The minimum atomic E-state index is -3.61. The molecule has 0 bridgehead atoms. The molecule has 0 spiro atoms. The number of rotatable bonds is 7. The highest BCUT2D eigenvalue weighted by atomic mass is 32.2. The Morgan fingerprint density at radius 3 is 2.50 bits per heavy atom. The summed E-state index contributed by atoms with van der Waals surface area (Å²) in [5, 5.41) is 11.6. The summed E-state index contributed by atoms with van der Waals surface area (Å²) in [5.74, 6) is 0.177. The van der Waals surface area contributed by atoms with Gasteiger partial charge in [-0.3, -0.25) is 4.79 Å². The van der Waals surface area contributed by atoms with Crippen molar-refractivity contribution in [1.82, 2.24) is 4.31 Å². The van der Waals surface area contributed by atoms with Crippen molar-refractivity contribution in [2.45, 2.75) is 17.9 Å². The summed E-state index contributed by atoms with van der Waals surface area (Å²) in [6.07, 6.45) is -0.893. The number of carbonyl (C=O) groups excluding carboxylic acids is 1. The van der Waals surface area contributed by atoms with Crippen LogP contribution in [0.3, 0.4) is 0 Å². The maximum Gasteiger partial charge on any atom is 0.265 e. The number of ether oxygens (including phenoxy) is 2. The summed E-state index contributed by atoms with van der Waals surface area (Å²) in [4.78, 5) is 12.5. The number of nitrogens with one attached hydrogen (secondary N) is 1. The van der Waals surface area contributed by atoms with E-state index in [4.69, 9.17) is 14.7 Å². The predicted octanol–water partition coefficient (Wildman–Crippen LogP) is 2.22. The number of hydrogen-bond acceptors (Lipinski definition) is 6. The second-order valence-electron chi connectivity index (χ2n) is 6.04. The van der Waals surface area contributed by atoms with E-state index >= 15 is 0 Å². The van der Waals surface area contributed by atoms with Crippen LogP contribution in [-0.4, -0.2) is 45.9 Å². The van der Waals surface area contributed by atoms with Crippen LogP contribution < -0.4 is 14.8 Å². The lowest BCUT2D eigenvalue weighted by molar-refractivity contribution is -0.122. The van der Waals surface area contributed by atoms with E-state index in [1.807, 2.05) is 6.07 Å². The van der Waals surface area contributed by atoms with Crippen LogP contribution in [0.25, 0.3) is 0 Å². The second kappa shape index (κ2) is 8.73. The first kappa shape index (κ1) is 21.2. The normalized spacial score (nSPS) is 12.1. The van der Waals surface area contributed by atoms with Crippen molar-refractivity contribution in [3.63, 3.8) is 0 Å². The minimum absolute atomic E-state index is 0.0673. The van der Waals surface area contributed by atoms with Gasteiger partial charge in [0, 0.05) is 25.8 Å². The van der Waals surface area contributed by atoms with Crippen molar-refractivity contribution in [3.05, 3.63) is 48.0 Å². The Bertz CT molecular complexity index is 1010. The van der Waals surface area contributed by atoms with Gasteiger partial charge in [-0.15, -0.1) is 0 Å². The first-order chi connectivity index (χ1) is 13.2. The van der Waals surface area contributed by atoms with Gasteiger partial charge in [-0.2, -0.15) is 5.26 Å². The zero-order valence-corrected chi connectivity index (χ0v) is 16.8. The van der Waals surface area contributed by atoms with Crippen LogP contribution in [0.5, 0.6) is 11.5 Å². The van der Waals surface area contributed by atoms with E-state index in [1.165, 1.54) is 39.4 Å². The molecule has 2 aromatic rings. The number of nitriles is 1. The van der Waals surface area contributed by atoms with E-state index in [1.54, 1.807) is 31.2 Å². The van der Waals surface area contributed by atoms with Crippen molar-refractivity contribution >= 4 is 21.6 Å². The molecule has 0 aliphatic carbocycles. The number of benzene rings is 2. The number of nitrogens with zero attached hydrogens (tertiary/aromatic N) is 2. The zero-order valence-electron chi connectivity index (χ0n) is 16.0. The molecule has 0 heterocycles. The van der Waals surface area contributed by atoms with Crippen molar-refractivity contribution in [2.24, 2.45) is 0 Å². The van der Waals surface area contributed by atoms with Crippen LogP contribution in [0.1, 0.15) is 12.5 Å². The van der Waals surface area contributed by atoms with E-state index in [0.29, 0.717) is 22.7 Å². The monoisotopic (exact) mass is 403 g/mol. The fourth-order valence-electron chi connectivity index (χ4n) is 2.27. The maximum atomic E-state index is 12.4. The molecule has 2 aromatic carbocycles. The Balaban J connectivity index is 2.15. The molecule has 1 N–H and O–H groups in total. The van der Waals surface area contributed by atoms with Gasteiger partial charge in [0.05, 0.1) is 23.6 Å². The van der Waals surface area contributed by atoms with Crippen molar-refractivity contribution < 1.29 is 22.7 Å². The summed E-state index contributed by atoms with van der Waals surface area (Å²) in [5.41, 5.74) is 0.732. The Hall–Kier alpha value is -3.09. The smallest absolute Gasteiger partial charge is 0.265 e. The zero-order chi connectivity index (χ0) is 20.9. The van der Waals surface area contributed by atoms with E-state index < -0.39 is 22.0 Å². The first-order valence-electron chi connectivity index (χ1n) is 8.27. The Labute approximate surface area is 164 Å². The third kappa shape index (κ3) is 4.79. The van der Waals surface area contributed by atoms with Gasteiger partial charge in [0.25, 0.3) is 5.91 Å². The highest BCUT2D eigenvalue weighted by Gasteiger charge is 2.20. The lowest BCUT2D eigenvalue weighted by Gasteiger charge is -2.17. The molecule has 0 aliphatic rings. The molecule has 1 atom stereocenters. The standard InChI is InChI=1S/C19H21N3O5S/c1-13(27-17-9-8-14(12-20)10-18(17)26-4)19(23)21-15-6-5-7-16(11-15)28(24,25)22(2)3/h5-11,13H,1-4H3,(H,21,23)/t13-/m1/s1. The molecule has 2 rings (SSSR count). The summed E-state index contributed by atoms with van der Waals surface area (Å²) in [6.45, 7) is 1.55. The topological polar surface area (TPSA) is 109 Å². The lowest BCUT2D eigenvalue weighted by Crippen LogP contribution is -2.30. The van der Waals surface area contributed by atoms with Gasteiger partial charge >= 0.3 is 0 Å². The predicted molar refractivity (Wildman–Crippen MR) is 104 cm³/mol. The van der Waals surface area contributed by atoms with Gasteiger partial charge in [-0.1, -0.05) is 6.07 Å². The fourth-order valence-corrected chi connectivity index (χ4v) is 3.22. The summed E-state index contributed by atoms with van der Waals surface area (Å²) < 4.78 is 36.3. The second-order valence-corrected chi connectivity index (χ2v) is 8.19. The number of anilines is 1. The quantitative estimate of drug-likeness (QED) is 0.759. The minimum Gasteiger partial charge on any atom is -0.493 e. The Morgan fingerprint density at radius 2 is 1.89 bits per heavy atom. The number of sulfonamides is 1. The summed E-state index contributed by atoms with van der Waals surface area (Å²) >= 11 is 0. The highest BCUT2D eigenvalue weighted by Crippen LogP contribution is 2.29. The van der Waals surface area contributed by atoms with Crippen LogP contribution in [0, 0.1) is 11.3 Å². The third-order valence-electron chi connectivity index (χ3n) is 3.85. The van der Waals surface area contributed by atoms with E-state index in [-0.39, 0.29) is 4.90 Å². The molecule has 0 radical (unpaired) electrons. The summed E-state index contributed by atoms with van der Waals surface area (Å²) in [7, 11) is 0.688. The number of methoxy groups -OCH3 is 1.